The van der Waals surface area contributed by atoms with Gasteiger partial charge in [-0.15, -0.1) is 11.1 Å². The fourth-order valence-electron chi connectivity index (χ4n) is 8.40. The molecule has 0 aliphatic carbocycles. The quantitative estimate of drug-likeness (QED) is 0.0825. The highest BCUT2D eigenvalue weighted by molar-refractivity contribution is 6.47. The highest BCUT2D eigenvalue weighted by Gasteiger charge is 2.17. The van der Waals surface area contributed by atoms with Crippen LogP contribution in [0.1, 0.15) is 45.2 Å². The summed E-state index contributed by atoms with van der Waals surface area (Å²) >= 11 is 0. The molecule has 0 aromatic heterocycles. The van der Waals surface area contributed by atoms with E-state index in [0.29, 0.717) is 11.8 Å². The van der Waals surface area contributed by atoms with Gasteiger partial charge in [0.25, 0.3) is 0 Å². The standard InChI is InChI=1S/C54H42Si2/c1-5-17-39(18-6-1)53(40-19-7-2-8-20-40)37-55-31-29-47-49-33-43-25-13-15-27-45(43)35-51(49)48(52-36-46-28-16-14-26-44(46)34-50(47)52)30-32-56-38-54(41-21-9-3-10-22-41)42-23-11-4-12-24-42/h1-28,33-36,53-54H,37-38,55-56H2. The summed E-state index contributed by atoms with van der Waals surface area (Å²) in [5.41, 5.74) is 15.4. The van der Waals surface area contributed by atoms with Crippen molar-refractivity contribution in [3.05, 3.63) is 228 Å². The van der Waals surface area contributed by atoms with Gasteiger partial charge in [-0.05, 0) is 102 Å². The zero-order valence-corrected chi connectivity index (χ0v) is 34.3. The minimum atomic E-state index is -0.745. The molecular weight excluding hydrogens is 705 g/mol. The highest BCUT2D eigenvalue weighted by atomic mass is 28.2. The fraction of sp³-hybridized carbons (Fsp3) is 0.0741. The number of rotatable bonds is 8. The van der Waals surface area contributed by atoms with Crippen molar-refractivity contribution in [2.45, 2.75) is 23.9 Å². The van der Waals surface area contributed by atoms with Gasteiger partial charge in [0.1, 0.15) is 19.0 Å². The Morgan fingerprint density at radius 1 is 0.321 bits per heavy atom. The molecule has 266 valence electrons. The van der Waals surface area contributed by atoms with E-state index in [2.05, 4.69) is 217 Å². The zero-order valence-electron chi connectivity index (χ0n) is 31.5. The van der Waals surface area contributed by atoms with Crippen LogP contribution in [-0.2, 0) is 0 Å². The number of fused-ring (bicyclic) bond motifs is 4. The maximum absolute atomic E-state index is 3.84. The van der Waals surface area contributed by atoms with Gasteiger partial charge in [0.2, 0.25) is 0 Å². The van der Waals surface area contributed by atoms with Gasteiger partial charge >= 0.3 is 0 Å². The average Bonchev–Trinajstić information content (AvgIpc) is 3.27. The Labute approximate surface area is 334 Å². The van der Waals surface area contributed by atoms with Gasteiger partial charge < -0.3 is 0 Å². The highest BCUT2D eigenvalue weighted by Crippen LogP contribution is 2.37. The van der Waals surface area contributed by atoms with Crippen molar-refractivity contribution in [3.63, 3.8) is 0 Å². The molecule has 0 bridgehead atoms. The average molecular weight is 747 g/mol. The summed E-state index contributed by atoms with van der Waals surface area (Å²) in [6, 6.07) is 72.9. The van der Waals surface area contributed by atoms with E-state index in [1.165, 1.54) is 65.3 Å². The lowest BCUT2D eigenvalue weighted by Gasteiger charge is -2.17. The molecule has 9 aromatic rings. The van der Waals surface area contributed by atoms with Crippen LogP contribution in [0.5, 0.6) is 0 Å². The molecule has 0 amide bonds. The van der Waals surface area contributed by atoms with E-state index in [4.69, 9.17) is 0 Å². The molecule has 56 heavy (non-hydrogen) atoms. The summed E-state index contributed by atoms with van der Waals surface area (Å²) in [4.78, 5) is 0. The van der Waals surface area contributed by atoms with Gasteiger partial charge in [0, 0.05) is 23.0 Å². The third-order valence-electron chi connectivity index (χ3n) is 11.2. The van der Waals surface area contributed by atoms with E-state index in [0.717, 1.165) is 23.2 Å². The third kappa shape index (κ3) is 7.46. The van der Waals surface area contributed by atoms with Gasteiger partial charge in [-0.25, -0.2) is 0 Å². The summed E-state index contributed by atoms with van der Waals surface area (Å²) in [5.74, 6) is 8.38. The largest absolute Gasteiger partial charge is 0.134 e. The van der Waals surface area contributed by atoms with Gasteiger partial charge in [-0.2, -0.15) is 0 Å². The Balaban J connectivity index is 1.15. The van der Waals surface area contributed by atoms with Crippen molar-refractivity contribution >= 4 is 62.1 Å². The Bertz CT molecular complexity index is 2540. The molecule has 0 N–H and O–H groups in total. The second-order valence-corrected chi connectivity index (χ2v) is 17.5. The molecule has 0 atom stereocenters. The summed E-state index contributed by atoms with van der Waals surface area (Å²) in [6.07, 6.45) is 0. The van der Waals surface area contributed by atoms with Crippen molar-refractivity contribution in [3.8, 4) is 22.9 Å². The minimum Gasteiger partial charge on any atom is -0.134 e. The van der Waals surface area contributed by atoms with Gasteiger partial charge in [-0.1, -0.05) is 182 Å². The molecule has 0 fully saturated rings. The molecule has 0 saturated carbocycles. The number of benzene rings is 9. The summed E-state index contributed by atoms with van der Waals surface area (Å²) < 4.78 is 0. The maximum Gasteiger partial charge on any atom is 0.108 e. The molecular formula is C54H42Si2. The molecule has 2 heteroatoms. The Morgan fingerprint density at radius 2 is 0.571 bits per heavy atom. The normalized spacial score (nSPS) is 11.6. The molecule has 0 aliphatic rings. The van der Waals surface area contributed by atoms with Crippen LogP contribution in [0.15, 0.2) is 194 Å². The van der Waals surface area contributed by atoms with Crippen LogP contribution in [0.2, 0.25) is 12.1 Å². The number of hydrogen-bond acceptors (Lipinski definition) is 0. The van der Waals surface area contributed by atoms with Crippen LogP contribution >= 0.6 is 0 Å². The van der Waals surface area contributed by atoms with Crippen molar-refractivity contribution in [2.75, 3.05) is 0 Å². The van der Waals surface area contributed by atoms with Gasteiger partial charge in [-0.3, -0.25) is 0 Å². The summed E-state index contributed by atoms with van der Waals surface area (Å²) in [7, 11) is -1.49. The first-order valence-corrected chi connectivity index (χ1v) is 23.2. The Hall–Kier alpha value is -6.43. The van der Waals surface area contributed by atoms with E-state index >= 15 is 0 Å². The summed E-state index contributed by atoms with van der Waals surface area (Å²) in [6.45, 7) is 0. The van der Waals surface area contributed by atoms with Crippen LogP contribution in [-0.4, -0.2) is 19.0 Å². The predicted octanol–water partition coefficient (Wildman–Crippen LogP) is 11.8. The Morgan fingerprint density at radius 3 is 0.839 bits per heavy atom. The molecule has 9 aromatic carbocycles. The van der Waals surface area contributed by atoms with Crippen LogP contribution in [0.4, 0.5) is 0 Å². The first-order valence-electron chi connectivity index (χ1n) is 19.8. The maximum atomic E-state index is 3.84. The first kappa shape index (κ1) is 35.3. The molecule has 0 unspecified atom stereocenters. The molecule has 0 radical (unpaired) electrons. The second-order valence-electron chi connectivity index (χ2n) is 14.7. The number of hydrogen-bond donors (Lipinski definition) is 0. The lowest BCUT2D eigenvalue weighted by atomic mass is 9.89. The van der Waals surface area contributed by atoms with E-state index in [1.807, 2.05) is 0 Å². The lowest BCUT2D eigenvalue weighted by Crippen LogP contribution is -2.04. The van der Waals surface area contributed by atoms with Gasteiger partial charge in [0.15, 0.2) is 0 Å². The van der Waals surface area contributed by atoms with Crippen LogP contribution in [0.25, 0.3) is 43.1 Å². The van der Waals surface area contributed by atoms with E-state index < -0.39 is 19.0 Å². The first-order chi connectivity index (χ1) is 27.8. The van der Waals surface area contributed by atoms with Crippen molar-refractivity contribution in [1.82, 2.24) is 0 Å². The van der Waals surface area contributed by atoms with E-state index in [-0.39, 0.29) is 0 Å². The van der Waals surface area contributed by atoms with Crippen LogP contribution in [0.3, 0.4) is 0 Å². The smallest absolute Gasteiger partial charge is 0.108 e. The van der Waals surface area contributed by atoms with E-state index in [9.17, 15) is 0 Å². The van der Waals surface area contributed by atoms with Crippen molar-refractivity contribution in [1.29, 1.82) is 0 Å². The summed E-state index contributed by atoms with van der Waals surface area (Å²) in [5, 5.41) is 9.74. The van der Waals surface area contributed by atoms with Crippen LogP contribution < -0.4 is 0 Å². The topological polar surface area (TPSA) is 0 Å². The van der Waals surface area contributed by atoms with Gasteiger partial charge in [0.05, 0.1) is 0 Å². The molecule has 0 nitrogen and oxygen atoms in total. The second kappa shape index (κ2) is 16.5. The van der Waals surface area contributed by atoms with Crippen molar-refractivity contribution < 1.29 is 0 Å². The third-order valence-corrected chi connectivity index (χ3v) is 13.8. The SMILES string of the molecule is C(#Cc1c2cc3ccccc3cc2c(C#C[SiH2]CC(c2ccccc2)c2ccccc2)c2cc3ccccc3cc12)[SiH2]CC(c1ccccc1)c1ccccc1. The lowest BCUT2D eigenvalue weighted by molar-refractivity contribution is 0.916. The molecule has 0 heterocycles. The molecule has 0 saturated heterocycles. The molecule has 0 spiro atoms. The predicted molar refractivity (Wildman–Crippen MR) is 246 cm³/mol. The van der Waals surface area contributed by atoms with Crippen LogP contribution in [0, 0.1) is 22.9 Å². The monoisotopic (exact) mass is 746 g/mol. The zero-order chi connectivity index (χ0) is 37.5. The van der Waals surface area contributed by atoms with Crippen molar-refractivity contribution in [2.24, 2.45) is 0 Å². The molecule has 9 rings (SSSR count). The fourth-order valence-corrected chi connectivity index (χ4v) is 11.2. The minimum absolute atomic E-state index is 0.352. The van der Waals surface area contributed by atoms with E-state index in [1.54, 1.807) is 0 Å². The molecule has 0 aliphatic heterocycles. The Kier molecular flexibility index (Phi) is 10.4.